The van der Waals surface area contributed by atoms with Crippen LogP contribution in [0.25, 0.3) is 0 Å². The largest absolute Gasteiger partial charge is 0.467 e. The second-order valence-electron chi connectivity index (χ2n) is 6.89. The fourth-order valence-electron chi connectivity index (χ4n) is 3.30. The molecule has 2 amide bonds. The molecular formula is C21H22FN3O5. The second kappa shape index (κ2) is 9.00. The minimum absolute atomic E-state index is 0.00879. The quantitative estimate of drug-likeness (QED) is 0.769. The Hall–Kier alpha value is -3.33. The first-order valence-electron chi connectivity index (χ1n) is 9.36. The van der Waals surface area contributed by atoms with Crippen LogP contribution in [0.1, 0.15) is 33.5 Å². The normalized spacial score (nSPS) is 18.6. The highest BCUT2D eigenvalue weighted by Crippen LogP contribution is 2.22. The predicted molar refractivity (Wildman–Crippen MR) is 106 cm³/mol. The fourth-order valence-corrected chi connectivity index (χ4v) is 3.30. The van der Waals surface area contributed by atoms with Gasteiger partial charge < -0.3 is 19.7 Å². The van der Waals surface area contributed by atoms with Crippen molar-refractivity contribution in [3.8, 4) is 0 Å². The van der Waals surface area contributed by atoms with Crippen molar-refractivity contribution in [2.75, 3.05) is 25.6 Å². The molecule has 0 radical (unpaired) electrons. The van der Waals surface area contributed by atoms with E-state index in [1.54, 1.807) is 26.0 Å². The number of carbonyl (C=O) groups is 3. The van der Waals surface area contributed by atoms with Crippen molar-refractivity contribution >= 4 is 23.5 Å². The molecule has 1 fully saturated rings. The van der Waals surface area contributed by atoms with Crippen LogP contribution in [0.3, 0.4) is 0 Å². The molecule has 1 N–H and O–H groups in total. The van der Waals surface area contributed by atoms with E-state index in [0.717, 1.165) is 12.1 Å². The summed E-state index contributed by atoms with van der Waals surface area (Å²) in [5.74, 6) is -2.42. The van der Waals surface area contributed by atoms with Crippen LogP contribution >= 0.6 is 0 Å². The van der Waals surface area contributed by atoms with E-state index in [1.165, 1.54) is 24.1 Å². The molecule has 9 heteroatoms. The van der Waals surface area contributed by atoms with Gasteiger partial charge in [0.05, 0.1) is 19.8 Å². The molecule has 1 aliphatic rings. The summed E-state index contributed by atoms with van der Waals surface area (Å²) in [7, 11) is 1.22. The Labute approximate surface area is 173 Å². The van der Waals surface area contributed by atoms with Crippen molar-refractivity contribution in [2.45, 2.75) is 26.0 Å². The van der Waals surface area contributed by atoms with Crippen LogP contribution in [0.2, 0.25) is 0 Å². The summed E-state index contributed by atoms with van der Waals surface area (Å²) in [5.41, 5.74) is 0.918. The summed E-state index contributed by atoms with van der Waals surface area (Å²) < 4.78 is 24.5. The van der Waals surface area contributed by atoms with Crippen molar-refractivity contribution in [3.05, 3.63) is 59.2 Å². The number of halogens is 1. The lowest BCUT2D eigenvalue weighted by Crippen LogP contribution is -2.56. The van der Waals surface area contributed by atoms with Crippen LogP contribution in [-0.2, 0) is 14.3 Å². The molecule has 1 aromatic heterocycles. The number of carbonyl (C=O) groups excluding carboxylic acids is 3. The lowest BCUT2D eigenvalue weighted by Gasteiger charge is -2.38. The monoisotopic (exact) mass is 415 g/mol. The van der Waals surface area contributed by atoms with Gasteiger partial charge in [-0.05, 0) is 44.2 Å². The number of rotatable bonds is 4. The highest BCUT2D eigenvalue weighted by molar-refractivity contribution is 6.04. The molecule has 158 valence electrons. The van der Waals surface area contributed by atoms with Gasteiger partial charge in [-0.2, -0.15) is 0 Å². The molecular weight excluding hydrogens is 393 g/mol. The SMILES string of the molecule is COC(=O)[C@@H]1[C@@H](C)OCCN1C(=O)c1cc(F)cc(NC(=O)c2cccc(C)n2)c1. The van der Waals surface area contributed by atoms with Gasteiger partial charge in [-0.1, -0.05) is 6.07 Å². The Kier molecular flexibility index (Phi) is 6.41. The van der Waals surface area contributed by atoms with Crippen LogP contribution in [-0.4, -0.2) is 60.1 Å². The fraction of sp³-hybridized carbons (Fsp3) is 0.333. The molecule has 1 aliphatic heterocycles. The number of esters is 1. The third-order valence-electron chi connectivity index (χ3n) is 4.72. The number of morpholine rings is 1. The lowest BCUT2D eigenvalue weighted by molar-refractivity contribution is -0.156. The van der Waals surface area contributed by atoms with Gasteiger partial charge in [0.25, 0.3) is 11.8 Å². The first-order valence-corrected chi connectivity index (χ1v) is 9.36. The van der Waals surface area contributed by atoms with Gasteiger partial charge in [-0.3, -0.25) is 9.59 Å². The van der Waals surface area contributed by atoms with Gasteiger partial charge in [0.15, 0.2) is 6.04 Å². The van der Waals surface area contributed by atoms with E-state index in [9.17, 15) is 18.8 Å². The lowest BCUT2D eigenvalue weighted by atomic mass is 10.1. The zero-order chi connectivity index (χ0) is 21.8. The van der Waals surface area contributed by atoms with E-state index in [0.29, 0.717) is 5.69 Å². The molecule has 0 saturated carbocycles. The molecule has 1 saturated heterocycles. The molecule has 30 heavy (non-hydrogen) atoms. The Morgan fingerprint density at radius 1 is 1.27 bits per heavy atom. The molecule has 0 bridgehead atoms. The summed E-state index contributed by atoms with van der Waals surface area (Å²) >= 11 is 0. The minimum Gasteiger partial charge on any atom is -0.467 e. The smallest absolute Gasteiger partial charge is 0.331 e. The summed E-state index contributed by atoms with van der Waals surface area (Å²) in [6.45, 7) is 3.79. The number of benzene rings is 1. The van der Waals surface area contributed by atoms with E-state index >= 15 is 0 Å². The Morgan fingerprint density at radius 2 is 2.03 bits per heavy atom. The Bertz CT molecular complexity index is 981. The van der Waals surface area contributed by atoms with Crippen LogP contribution in [0.15, 0.2) is 36.4 Å². The topological polar surface area (TPSA) is 97.8 Å². The number of hydrogen-bond donors (Lipinski definition) is 1. The van der Waals surface area contributed by atoms with Crippen LogP contribution in [0.5, 0.6) is 0 Å². The highest BCUT2D eigenvalue weighted by Gasteiger charge is 2.39. The van der Waals surface area contributed by atoms with E-state index in [-0.39, 0.29) is 30.1 Å². The van der Waals surface area contributed by atoms with Gasteiger partial charge in [-0.15, -0.1) is 0 Å². The maximum atomic E-state index is 14.2. The summed E-state index contributed by atoms with van der Waals surface area (Å²) in [5, 5.41) is 2.55. The standard InChI is InChI=1S/C21H22FN3O5/c1-12-5-4-6-17(23-12)19(26)24-16-10-14(9-15(22)11-16)20(27)25-7-8-30-13(2)18(25)21(28)29-3/h4-6,9-11,13,18H,7-8H2,1-3H3,(H,24,26)/t13-,18+/m1/s1. The Morgan fingerprint density at radius 3 is 2.73 bits per heavy atom. The van der Waals surface area contributed by atoms with Gasteiger partial charge in [-0.25, -0.2) is 14.2 Å². The molecule has 2 heterocycles. The number of aromatic nitrogens is 1. The number of anilines is 1. The van der Waals surface area contributed by atoms with E-state index in [4.69, 9.17) is 9.47 Å². The average molecular weight is 415 g/mol. The second-order valence-corrected chi connectivity index (χ2v) is 6.89. The van der Waals surface area contributed by atoms with Gasteiger partial charge in [0.2, 0.25) is 0 Å². The van der Waals surface area contributed by atoms with Crippen molar-refractivity contribution in [1.29, 1.82) is 0 Å². The number of amides is 2. The third-order valence-corrected chi connectivity index (χ3v) is 4.72. The van der Waals surface area contributed by atoms with Crippen LogP contribution in [0, 0.1) is 12.7 Å². The first-order chi connectivity index (χ1) is 14.3. The number of ether oxygens (including phenoxy) is 2. The van der Waals surface area contributed by atoms with Crippen LogP contribution in [0.4, 0.5) is 10.1 Å². The van der Waals surface area contributed by atoms with Gasteiger partial charge >= 0.3 is 5.97 Å². The first kappa shape index (κ1) is 21.4. The van der Waals surface area contributed by atoms with Crippen molar-refractivity contribution in [3.63, 3.8) is 0 Å². The van der Waals surface area contributed by atoms with Crippen molar-refractivity contribution in [1.82, 2.24) is 9.88 Å². The predicted octanol–water partition coefficient (Wildman–Crippen LogP) is 2.18. The number of hydrogen-bond acceptors (Lipinski definition) is 6. The highest BCUT2D eigenvalue weighted by atomic mass is 19.1. The molecule has 0 unspecified atom stereocenters. The average Bonchev–Trinajstić information content (AvgIpc) is 2.72. The number of aryl methyl sites for hydroxylation is 1. The minimum atomic E-state index is -0.950. The zero-order valence-corrected chi connectivity index (χ0v) is 16.8. The molecule has 3 rings (SSSR count). The molecule has 0 spiro atoms. The maximum absolute atomic E-state index is 14.2. The maximum Gasteiger partial charge on any atom is 0.331 e. The third kappa shape index (κ3) is 4.62. The molecule has 2 atom stereocenters. The van der Waals surface area contributed by atoms with Crippen LogP contribution < -0.4 is 5.32 Å². The van der Waals surface area contributed by atoms with E-state index in [1.807, 2.05) is 0 Å². The van der Waals surface area contributed by atoms with Crippen molar-refractivity contribution < 1.29 is 28.2 Å². The Balaban J connectivity index is 1.86. The van der Waals surface area contributed by atoms with E-state index < -0.39 is 35.7 Å². The molecule has 8 nitrogen and oxygen atoms in total. The summed E-state index contributed by atoms with van der Waals surface area (Å²) in [6, 6.07) is 7.52. The molecule has 1 aromatic carbocycles. The molecule has 2 aromatic rings. The van der Waals surface area contributed by atoms with E-state index in [2.05, 4.69) is 10.3 Å². The molecule has 0 aliphatic carbocycles. The summed E-state index contributed by atoms with van der Waals surface area (Å²) in [6.07, 6.45) is -0.574. The van der Waals surface area contributed by atoms with Crippen molar-refractivity contribution in [2.24, 2.45) is 0 Å². The number of nitrogens with zero attached hydrogens (tertiary/aromatic N) is 2. The van der Waals surface area contributed by atoms with Gasteiger partial charge in [0, 0.05) is 23.5 Å². The number of nitrogens with one attached hydrogen (secondary N) is 1. The zero-order valence-electron chi connectivity index (χ0n) is 16.8. The van der Waals surface area contributed by atoms with Gasteiger partial charge in [0.1, 0.15) is 11.5 Å². The summed E-state index contributed by atoms with van der Waals surface area (Å²) in [4.78, 5) is 43.0. The number of methoxy groups -OCH3 is 1. The number of pyridine rings is 1.